The molecule has 1 saturated carbocycles. The Bertz CT molecular complexity index is 283. The standard InChI is InChI=1S/C10H12OS/c11-9-5-1-2-6-10(9)12-7-3-4-8-12/h3-4,7-8H,1-2,5-6H2. The second kappa shape index (κ2) is 3.40. The average Bonchev–Trinajstić information content (AvgIpc) is 2.57. The molecule has 0 N–H and O–H groups in total. The van der Waals surface area contributed by atoms with Gasteiger partial charge in [0.1, 0.15) is 0 Å². The minimum Gasteiger partial charge on any atom is -0.294 e. The van der Waals surface area contributed by atoms with Crippen molar-refractivity contribution >= 4 is 21.1 Å². The van der Waals surface area contributed by atoms with Crippen LogP contribution in [0.4, 0.5) is 0 Å². The van der Waals surface area contributed by atoms with Gasteiger partial charge in [-0.25, -0.2) is 0 Å². The van der Waals surface area contributed by atoms with Crippen LogP contribution in [-0.2, 0) is 4.79 Å². The van der Waals surface area contributed by atoms with Gasteiger partial charge in [-0.3, -0.25) is 4.79 Å². The van der Waals surface area contributed by atoms with E-state index in [1.807, 2.05) is 12.2 Å². The first kappa shape index (κ1) is 7.99. The monoisotopic (exact) mass is 180 g/mol. The normalized spacial score (nSPS) is 24.0. The third-order valence-corrected chi connectivity index (χ3v) is 4.12. The van der Waals surface area contributed by atoms with E-state index in [-0.39, 0.29) is 10.5 Å². The van der Waals surface area contributed by atoms with Gasteiger partial charge in [-0.2, -0.15) is 0 Å². The molecule has 0 aromatic carbocycles. The summed E-state index contributed by atoms with van der Waals surface area (Å²) in [5.41, 5.74) is 0. The minimum atomic E-state index is 0.0622. The van der Waals surface area contributed by atoms with Gasteiger partial charge < -0.3 is 0 Å². The van der Waals surface area contributed by atoms with Crippen LogP contribution >= 0.6 is 10.5 Å². The number of Topliss-reactive ketones (excluding diaryl/α,β-unsaturated/α-hetero) is 1. The van der Waals surface area contributed by atoms with Crippen molar-refractivity contribution in [2.45, 2.75) is 25.7 Å². The molecule has 0 aromatic rings. The van der Waals surface area contributed by atoms with Gasteiger partial charge in [0.15, 0.2) is 5.78 Å². The number of ketones is 1. The summed E-state index contributed by atoms with van der Waals surface area (Å²) < 4.78 is 0. The van der Waals surface area contributed by atoms with Crippen LogP contribution in [-0.4, -0.2) is 10.6 Å². The van der Waals surface area contributed by atoms with E-state index >= 15 is 0 Å². The molecule has 12 heavy (non-hydrogen) atoms. The molecule has 1 fully saturated rings. The maximum atomic E-state index is 11.5. The zero-order chi connectivity index (χ0) is 8.39. The molecule has 0 unspecified atom stereocenters. The summed E-state index contributed by atoms with van der Waals surface area (Å²) in [7, 11) is 0.0622. The Morgan fingerprint density at radius 3 is 2.42 bits per heavy atom. The summed E-state index contributed by atoms with van der Waals surface area (Å²) in [6.45, 7) is 0. The third kappa shape index (κ3) is 1.44. The summed E-state index contributed by atoms with van der Waals surface area (Å²) in [5.74, 6) is 0.404. The number of rotatable bonds is 0. The molecule has 0 atom stereocenters. The van der Waals surface area contributed by atoms with Crippen molar-refractivity contribution in [1.82, 2.24) is 0 Å². The van der Waals surface area contributed by atoms with Crippen LogP contribution in [0.15, 0.2) is 23.0 Å². The van der Waals surface area contributed by atoms with Crippen molar-refractivity contribution < 1.29 is 4.79 Å². The number of hydrogen-bond donors (Lipinski definition) is 0. The van der Waals surface area contributed by atoms with Gasteiger partial charge in [-0.15, -0.1) is 10.5 Å². The molecular weight excluding hydrogens is 168 g/mol. The predicted octanol–water partition coefficient (Wildman–Crippen LogP) is 2.61. The number of carbonyl (C=O) groups is 1. The van der Waals surface area contributed by atoms with Crippen molar-refractivity contribution in [2.24, 2.45) is 0 Å². The second-order valence-electron chi connectivity index (χ2n) is 3.08. The van der Waals surface area contributed by atoms with Crippen molar-refractivity contribution in [2.75, 3.05) is 0 Å². The van der Waals surface area contributed by atoms with Gasteiger partial charge in [0.2, 0.25) is 0 Å². The van der Waals surface area contributed by atoms with Crippen LogP contribution in [0.2, 0.25) is 0 Å². The summed E-state index contributed by atoms with van der Waals surface area (Å²) in [4.78, 5) is 12.6. The van der Waals surface area contributed by atoms with Crippen molar-refractivity contribution in [3.8, 4) is 0 Å². The molecule has 2 aliphatic rings. The Morgan fingerprint density at radius 1 is 1.08 bits per heavy atom. The molecule has 1 heterocycles. The molecular formula is C10H12OS. The lowest BCUT2D eigenvalue weighted by atomic mass is 9.99. The van der Waals surface area contributed by atoms with Crippen LogP contribution in [0, 0.1) is 0 Å². The largest absolute Gasteiger partial charge is 0.294 e. The molecule has 1 aliphatic heterocycles. The van der Waals surface area contributed by atoms with Gasteiger partial charge in [0.25, 0.3) is 0 Å². The maximum absolute atomic E-state index is 11.5. The highest BCUT2D eigenvalue weighted by molar-refractivity contribution is 8.22. The fourth-order valence-corrected chi connectivity index (χ4v) is 3.25. The lowest BCUT2D eigenvalue weighted by Crippen LogP contribution is -2.17. The molecule has 64 valence electrons. The average molecular weight is 180 g/mol. The van der Waals surface area contributed by atoms with E-state index in [2.05, 4.69) is 10.8 Å². The number of carbonyl (C=O) groups excluding carboxylic acids is 1. The second-order valence-corrected chi connectivity index (χ2v) is 4.86. The topological polar surface area (TPSA) is 17.1 Å². The first-order valence-electron chi connectivity index (χ1n) is 4.34. The van der Waals surface area contributed by atoms with Gasteiger partial charge in [0.05, 0.1) is 0 Å². The molecule has 2 heteroatoms. The quantitative estimate of drug-likeness (QED) is 0.524. The fourth-order valence-electron chi connectivity index (χ4n) is 1.57. The first-order chi connectivity index (χ1) is 5.88. The van der Waals surface area contributed by atoms with Crippen molar-refractivity contribution in [3.63, 3.8) is 0 Å². The van der Waals surface area contributed by atoms with Gasteiger partial charge in [0, 0.05) is 11.3 Å². The van der Waals surface area contributed by atoms with E-state index in [1.165, 1.54) is 6.42 Å². The highest BCUT2D eigenvalue weighted by Gasteiger charge is 2.17. The van der Waals surface area contributed by atoms with Crippen molar-refractivity contribution in [1.29, 1.82) is 0 Å². The number of hydrogen-bond acceptors (Lipinski definition) is 1. The Kier molecular flexibility index (Phi) is 2.26. The van der Waals surface area contributed by atoms with Crippen LogP contribution in [0.1, 0.15) is 25.7 Å². The summed E-state index contributed by atoms with van der Waals surface area (Å²) >= 11 is 0. The van der Waals surface area contributed by atoms with E-state index in [0.29, 0.717) is 5.78 Å². The highest BCUT2D eigenvalue weighted by atomic mass is 32.2. The molecule has 0 saturated heterocycles. The maximum Gasteiger partial charge on any atom is 0.164 e. The molecule has 0 bridgehead atoms. The SMILES string of the molecule is O=C1CCCCC1=S1C=CC=C1. The molecule has 0 amide bonds. The molecule has 0 spiro atoms. The Hall–Kier alpha value is -0.630. The number of allylic oxidation sites excluding steroid dienone is 2. The molecule has 1 aliphatic carbocycles. The van der Waals surface area contributed by atoms with E-state index in [4.69, 9.17) is 0 Å². The molecule has 0 aromatic heterocycles. The van der Waals surface area contributed by atoms with E-state index in [9.17, 15) is 4.79 Å². The van der Waals surface area contributed by atoms with Gasteiger partial charge in [-0.1, -0.05) is 12.2 Å². The molecule has 0 radical (unpaired) electrons. The Labute approximate surface area is 75.1 Å². The fraction of sp³-hybridized carbons (Fsp3) is 0.400. The minimum absolute atomic E-state index is 0.0622. The lowest BCUT2D eigenvalue weighted by Gasteiger charge is -2.14. The zero-order valence-electron chi connectivity index (χ0n) is 6.95. The van der Waals surface area contributed by atoms with E-state index in [0.717, 1.165) is 24.1 Å². The van der Waals surface area contributed by atoms with Gasteiger partial charge >= 0.3 is 0 Å². The van der Waals surface area contributed by atoms with Crippen LogP contribution in [0.5, 0.6) is 0 Å². The first-order valence-corrected chi connectivity index (χ1v) is 5.69. The third-order valence-electron chi connectivity index (χ3n) is 2.21. The Morgan fingerprint density at radius 2 is 1.75 bits per heavy atom. The van der Waals surface area contributed by atoms with Crippen LogP contribution in [0.25, 0.3) is 0 Å². The van der Waals surface area contributed by atoms with E-state index in [1.54, 1.807) is 0 Å². The summed E-state index contributed by atoms with van der Waals surface area (Å²) in [6.07, 6.45) is 8.17. The highest BCUT2D eigenvalue weighted by Crippen LogP contribution is 2.29. The van der Waals surface area contributed by atoms with E-state index < -0.39 is 0 Å². The molecule has 2 rings (SSSR count). The van der Waals surface area contributed by atoms with Crippen LogP contribution in [0.3, 0.4) is 0 Å². The Balaban J connectivity index is 2.31. The lowest BCUT2D eigenvalue weighted by molar-refractivity contribution is -0.113. The smallest absolute Gasteiger partial charge is 0.164 e. The van der Waals surface area contributed by atoms with Gasteiger partial charge in [-0.05, 0) is 30.1 Å². The van der Waals surface area contributed by atoms with Crippen LogP contribution < -0.4 is 0 Å². The summed E-state index contributed by atoms with van der Waals surface area (Å²) in [6, 6.07) is 0. The molecule has 1 nitrogen and oxygen atoms in total. The predicted molar refractivity (Wildman–Crippen MR) is 54.4 cm³/mol. The van der Waals surface area contributed by atoms with Crippen molar-refractivity contribution in [3.05, 3.63) is 23.0 Å². The summed E-state index contributed by atoms with van der Waals surface area (Å²) in [5, 5.41) is 4.27. The zero-order valence-corrected chi connectivity index (χ0v) is 7.77.